The topological polar surface area (TPSA) is 89.3 Å². The zero-order valence-electron chi connectivity index (χ0n) is 22.7. The number of anilines is 1. The van der Waals surface area contributed by atoms with E-state index in [0.717, 1.165) is 28.2 Å². The quantitative estimate of drug-likeness (QED) is 0.213. The van der Waals surface area contributed by atoms with Crippen LogP contribution in [0.5, 0.6) is 0 Å². The van der Waals surface area contributed by atoms with Gasteiger partial charge in [-0.3, -0.25) is 4.99 Å². The summed E-state index contributed by atoms with van der Waals surface area (Å²) in [6.07, 6.45) is 15.7. The van der Waals surface area contributed by atoms with E-state index >= 15 is 0 Å². The minimum absolute atomic E-state index is 0.131. The second-order valence-electron chi connectivity index (χ2n) is 10.9. The number of nitrogens with one attached hydrogen (secondary N) is 1. The molecular formula is C30H39N5OS. The highest BCUT2D eigenvalue weighted by molar-refractivity contribution is 8.04. The van der Waals surface area contributed by atoms with Crippen LogP contribution >= 0.6 is 11.8 Å². The van der Waals surface area contributed by atoms with E-state index in [4.69, 9.17) is 10.2 Å². The van der Waals surface area contributed by atoms with Gasteiger partial charge >= 0.3 is 6.01 Å². The van der Waals surface area contributed by atoms with Crippen LogP contribution in [-0.4, -0.2) is 34.9 Å². The monoisotopic (exact) mass is 517 g/mol. The summed E-state index contributed by atoms with van der Waals surface area (Å²) < 4.78 is 6.00. The third-order valence-electron chi connectivity index (χ3n) is 7.10. The molecule has 7 heteroatoms. The van der Waals surface area contributed by atoms with E-state index in [9.17, 15) is 0 Å². The average molecular weight is 518 g/mol. The molecule has 0 spiro atoms. The molecule has 1 aliphatic carbocycles. The fourth-order valence-electron chi connectivity index (χ4n) is 4.76. The fourth-order valence-corrected chi connectivity index (χ4v) is 5.54. The van der Waals surface area contributed by atoms with Crippen LogP contribution in [0.1, 0.15) is 65.0 Å². The van der Waals surface area contributed by atoms with Crippen LogP contribution in [0.4, 0.5) is 6.01 Å². The first kappa shape index (κ1) is 27.0. The van der Waals surface area contributed by atoms with Gasteiger partial charge in [0, 0.05) is 22.8 Å². The number of benzene rings is 1. The van der Waals surface area contributed by atoms with E-state index < -0.39 is 0 Å². The lowest BCUT2D eigenvalue weighted by Crippen LogP contribution is -2.33. The van der Waals surface area contributed by atoms with E-state index in [1.54, 1.807) is 11.8 Å². The number of allylic oxidation sites excluding steroid dienone is 3. The van der Waals surface area contributed by atoms with Crippen molar-refractivity contribution in [1.29, 1.82) is 0 Å². The predicted octanol–water partition coefficient (Wildman–Crippen LogP) is 6.93. The summed E-state index contributed by atoms with van der Waals surface area (Å²) >= 11 is 1.71. The second kappa shape index (κ2) is 11.5. The maximum Gasteiger partial charge on any atom is 0.316 e. The molecule has 0 fully saturated rings. The van der Waals surface area contributed by atoms with Crippen molar-refractivity contribution in [3.63, 3.8) is 0 Å². The fraction of sp³-hybridized carbons (Fsp3) is 0.433. The van der Waals surface area contributed by atoms with Gasteiger partial charge in [0.15, 0.2) is 0 Å². The van der Waals surface area contributed by atoms with Gasteiger partial charge in [0.1, 0.15) is 5.84 Å². The normalized spacial score (nSPS) is 19.1. The van der Waals surface area contributed by atoms with Gasteiger partial charge < -0.3 is 15.5 Å². The summed E-state index contributed by atoms with van der Waals surface area (Å²) in [4.78, 5) is 5.51. The van der Waals surface area contributed by atoms with E-state index in [0.29, 0.717) is 30.8 Å². The van der Waals surface area contributed by atoms with Crippen LogP contribution in [0.25, 0.3) is 11.5 Å². The van der Waals surface area contributed by atoms with Crippen LogP contribution in [0.2, 0.25) is 0 Å². The van der Waals surface area contributed by atoms with Gasteiger partial charge in [-0.15, -0.1) is 16.9 Å². The first-order valence-corrected chi connectivity index (χ1v) is 14.1. The summed E-state index contributed by atoms with van der Waals surface area (Å²) in [7, 11) is 0. The molecule has 4 rings (SSSR count). The molecule has 1 aliphatic heterocycles. The Morgan fingerprint density at radius 2 is 1.95 bits per heavy atom. The van der Waals surface area contributed by atoms with Crippen molar-refractivity contribution >= 4 is 23.6 Å². The van der Waals surface area contributed by atoms with Crippen LogP contribution in [0, 0.1) is 0 Å². The number of hydrogen-bond acceptors (Lipinski definition) is 6. The Kier molecular flexibility index (Phi) is 8.42. The highest BCUT2D eigenvalue weighted by Gasteiger charge is 2.37. The Bertz CT molecular complexity index is 1260. The number of nitrogens with two attached hydrogens (primary N) is 1. The molecule has 2 aliphatic rings. The van der Waals surface area contributed by atoms with Gasteiger partial charge in [-0.1, -0.05) is 76.2 Å². The number of aromatic nitrogens is 2. The van der Waals surface area contributed by atoms with Crippen molar-refractivity contribution in [2.24, 2.45) is 10.7 Å². The number of nitrogens with zero attached hydrogens (tertiary/aromatic N) is 3. The van der Waals surface area contributed by atoms with E-state index in [1.807, 2.05) is 18.2 Å². The number of hydrogen-bond donors (Lipinski definition) is 2. The molecule has 6 nitrogen and oxygen atoms in total. The Morgan fingerprint density at radius 1 is 1.16 bits per heavy atom. The van der Waals surface area contributed by atoms with Crippen molar-refractivity contribution in [3.05, 3.63) is 76.3 Å². The SMILES string of the molecule is CC/C=C(\C=C/CN=C(N)C1=CC=CCS1)CNc1nnc(-c2ccc3c(c2)C(C)(C)CCC3(C)C)o1. The molecule has 0 saturated heterocycles. The number of thioether (sulfide) groups is 1. The summed E-state index contributed by atoms with van der Waals surface area (Å²) in [5, 5.41) is 11.8. The first-order chi connectivity index (χ1) is 17.7. The number of aliphatic imine (C=N–C) groups is 1. The van der Waals surface area contributed by atoms with E-state index in [2.05, 4.69) is 91.6 Å². The molecule has 0 amide bonds. The molecule has 2 heterocycles. The zero-order valence-corrected chi connectivity index (χ0v) is 23.5. The highest BCUT2D eigenvalue weighted by Crippen LogP contribution is 2.46. The third-order valence-corrected chi connectivity index (χ3v) is 8.12. The minimum Gasteiger partial charge on any atom is -0.403 e. The van der Waals surface area contributed by atoms with Gasteiger partial charge in [-0.05, 0) is 65.0 Å². The Balaban J connectivity index is 1.39. The predicted molar refractivity (Wildman–Crippen MR) is 157 cm³/mol. The average Bonchev–Trinajstić information content (AvgIpc) is 3.37. The molecule has 0 radical (unpaired) electrons. The Morgan fingerprint density at radius 3 is 2.68 bits per heavy atom. The smallest absolute Gasteiger partial charge is 0.316 e. The number of fused-ring (bicyclic) bond motifs is 1. The van der Waals surface area contributed by atoms with Crippen LogP contribution in [0.15, 0.2) is 74.5 Å². The van der Waals surface area contributed by atoms with Gasteiger partial charge in [-0.25, -0.2) is 0 Å². The van der Waals surface area contributed by atoms with Crippen LogP contribution in [-0.2, 0) is 10.8 Å². The maximum absolute atomic E-state index is 6.11. The van der Waals surface area contributed by atoms with Gasteiger partial charge in [0.25, 0.3) is 0 Å². The molecule has 3 N–H and O–H groups in total. The lowest BCUT2D eigenvalue weighted by Gasteiger charge is -2.41. The van der Waals surface area contributed by atoms with E-state index in [-0.39, 0.29) is 10.8 Å². The van der Waals surface area contributed by atoms with Gasteiger partial charge in [-0.2, -0.15) is 0 Å². The molecule has 37 heavy (non-hydrogen) atoms. The molecule has 0 atom stereocenters. The molecular weight excluding hydrogens is 478 g/mol. The van der Waals surface area contributed by atoms with Crippen molar-refractivity contribution < 1.29 is 4.42 Å². The van der Waals surface area contributed by atoms with Crippen molar-refractivity contribution in [2.45, 2.75) is 64.7 Å². The lowest BCUT2D eigenvalue weighted by atomic mass is 9.63. The Labute approximate surface area is 225 Å². The highest BCUT2D eigenvalue weighted by atomic mass is 32.2. The van der Waals surface area contributed by atoms with Crippen LogP contribution < -0.4 is 11.1 Å². The van der Waals surface area contributed by atoms with Crippen molar-refractivity contribution in [3.8, 4) is 11.5 Å². The molecule has 1 aromatic heterocycles. The lowest BCUT2D eigenvalue weighted by molar-refractivity contribution is 0.332. The first-order valence-electron chi connectivity index (χ1n) is 13.1. The summed E-state index contributed by atoms with van der Waals surface area (Å²) in [6, 6.07) is 7.00. The largest absolute Gasteiger partial charge is 0.403 e. The molecule has 0 unspecified atom stereocenters. The maximum atomic E-state index is 6.11. The van der Waals surface area contributed by atoms with E-state index in [1.165, 1.54) is 24.0 Å². The van der Waals surface area contributed by atoms with Gasteiger partial charge in [0.05, 0.1) is 6.54 Å². The van der Waals surface area contributed by atoms with Crippen molar-refractivity contribution in [1.82, 2.24) is 10.2 Å². The van der Waals surface area contributed by atoms with Crippen LogP contribution in [0.3, 0.4) is 0 Å². The second-order valence-corrected chi connectivity index (χ2v) is 11.9. The Hall–Kier alpha value is -3.06. The summed E-state index contributed by atoms with van der Waals surface area (Å²) in [6.45, 7) is 12.5. The standard InChI is InChI=1S/C30H39N5OS/c1-6-10-21(11-9-17-32-26(31)25-12-7-8-18-37-25)20-33-28-35-34-27(36-28)22-13-14-23-24(19-22)30(4,5)16-15-29(23,2)3/h7-14,19H,6,15-18,20H2,1-5H3,(H2,31,32)(H,33,35)/b11-9-,21-10+. The minimum atomic E-state index is 0.131. The number of rotatable bonds is 9. The van der Waals surface area contributed by atoms with Crippen molar-refractivity contribution in [2.75, 3.05) is 24.2 Å². The zero-order chi connectivity index (χ0) is 26.5. The van der Waals surface area contributed by atoms with Gasteiger partial charge in [0.2, 0.25) is 5.89 Å². The molecule has 196 valence electrons. The molecule has 2 aromatic rings. The molecule has 0 bridgehead atoms. The molecule has 0 saturated carbocycles. The summed E-state index contributed by atoms with van der Waals surface area (Å²) in [5.41, 5.74) is 11.3. The number of amidine groups is 1. The third kappa shape index (κ3) is 6.63. The summed E-state index contributed by atoms with van der Waals surface area (Å²) in [5.74, 6) is 2.06. The molecule has 1 aromatic carbocycles.